The third kappa shape index (κ3) is 2.79. The normalized spacial score (nSPS) is 17.2. The van der Waals surface area contributed by atoms with Crippen LogP contribution in [-0.4, -0.2) is 37.0 Å². The SMILES string of the molecule is CNC1CCN(C(=O)c2ccccc2Cl)CC1. The lowest BCUT2D eigenvalue weighted by molar-refractivity contribution is 0.0707. The molecule has 1 aromatic carbocycles. The third-order valence-electron chi connectivity index (χ3n) is 3.29. The summed E-state index contributed by atoms with van der Waals surface area (Å²) >= 11 is 6.03. The number of halogens is 1. The van der Waals surface area contributed by atoms with Gasteiger partial charge in [-0.2, -0.15) is 0 Å². The van der Waals surface area contributed by atoms with Gasteiger partial charge in [0.2, 0.25) is 0 Å². The second-order valence-corrected chi connectivity index (χ2v) is 4.74. The van der Waals surface area contributed by atoms with Crippen molar-refractivity contribution >= 4 is 17.5 Å². The molecule has 0 bridgehead atoms. The van der Waals surface area contributed by atoms with Gasteiger partial charge >= 0.3 is 0 Å². The average molecular weight is 253 g/mol. The molecule has 17 heavy (non-hydrogen) atoms. The molecule has 0 radical (unpaired) electrons. The first-order valence-electron chi connectivity index (χ1n) is 5.93. The quantitative estimate of drug-likeness (QED) is 0.875. The number of nitrogens with zero attached hydrogens (tertiary/aromatic N) is 1. The average Bonchev–Trinajstić information content (AvgIpc) is 2.39. The molecule has 1 aliphatic rings. The Morgan fingerprint density at radius 3 is 2.59 bits per heavy atom. The Labute approximate surface area is 107 Å². The maximum absolute atomic E-state index is 12.2. The molecule has 1 fully saturated rings. The summed E-state index contributed by atoms with van der Waals surface area (Å²) < 4.78 is 0. The van der Waals surface area contributed by atoms with E-state index in [1.54, 1.807) is 12.1 Å². The Bertz CT molecular complexity index is 400. The highest BCUT2D eigenvalue weighted by Gasteiger charge is 2.23. The maximum atomic E-state index is 12.2. The zero-order valence-electron chi connectivity index (χ0n) is 9.95. The summed E-state index contributed by atoms with van der Waals surface area (Å²) in [4.78, 5) is 14.1. The topological polar surface area (TPSA) is 32.3 Å². The minimum absolute atomic E-state index is 0.0464. The second-order valence-electron chi connectivity index (χ2n) is 4.33. The maximum Gasteiger partial charge on any atom is 0.255 e. The predicted molar refractivity (Wildman–Crippen MR) is 69.4 cm³/mol. The first-order chi connectivity index (χ1) is 8.22. The molecule has 1 aliphatic heterocycles. The molecule has 0 aliphatic carbocycles. The van der Waals surface area contributed by atoms with Crippen molar-refractivity contribution in [3.63, 3.8) is 0 Å². The Kier molecular flexibility index (Phi) is 4.02. The van der Waals surface area contributed by atoms with Gasteiger partial charge in [-0.3, -0.25) is 4.79 Å². The predicted octanol–water partition coefficient (Wildman–Crippen LogP) is 2.16. The molecule has 2 rings (SSSR count). The number of hydrogen-bond donors (Lipinski definition) is 1. The van der Waals surface area contributed by atoms with E-state index < -0.39 is 0 Å². The van der Waals surface area contributed by atoms with E-state index in [0.29, 0.717) is 16.6 Å². The van der Waals surface area contributed by atoms with Crippen LogP contribution in [0.25, 0.3) is 0 Å². The van der Waals surface area contributed by atoms with Crippen LogP contribution in [0.3, 0.4) is 0 Å². The van der Waals surface area contributed by atoms with E-state index >= 15 is 0 Å². The lowest BCUT2D eigenvalue weighted by Crippen LogP contribution is -2.44. The van der Waals surface area contributed by atoms with Crippen molar-refractivity contribution in [1.82, 2.24) is 10.2 Å². The first-order valence-corrected chi connectivity index (χ1v) is 6.31. The molecule has 1 heterocycles. The van der Waals surface area contributed by atoms with Crippen molar-refractivity contribution in [2.75, 3.05) is 20.1 Å². The molecule has 0 aromatic heterocycles. The van der Waals surface area contributed by atoms with E-state index in [9.17, 15) is 4.79 Å². The van der Waals surface area contributed by atoms with Gasteiger partial charge in [0.25, 0.3) is 5.91 Å². The number of carbonyl (C=O) groups is 1. The van der Waals surface area contributed by atoms with Gasteiger partial charge in [-0.25, -0.2) is 0 Å². The van der Waals surface area contributed by atoms with Gasteiger partial charge < -0.3 is 10.2 Å². The Balaban J connectivity index is 2.04. The zero-order valence-corrected chi connectivity index (χ0v) is 10.7. The van der Waals surface area contributed by atoms with E-state index in [4.69, 9.17) is 11.6 Å². The fourth-order valence-corrected chi connectivity index (χ4v) is 2.39. The van der Waals surface area contributed by atoms with E-state index in [1.807, 2.05) is 24.1 Å². The van der Waals surface area contributed by atoms with Gasteiger partial charge in [0.15, 0.2) is 0 Å². The van der Waals surface area contributed by atoms with Crippen molar-refractivity contribution in [2.45, 2.75) is 18.9 Å². The number of benzene rings is 1. The molecule has 0 saturated carbocycles. The molecule has 0 atom stereocenters. The molecule has 4 heteroatoms. The van der Waals surface area contributed by atoms with Gasteiger partial charge in [0.05, 0.1) is 10.6 Å². The summed E-state index contributed by atoms with van der Waals surface area (Å²) in [5.74, 6) is 0.0464. The van der Waals surface area contributed by atoms with Crippen molar-refractivity contribution in [3.8, 4) is 0 Å². The highest BCUT2D eigenvalue weighted by molar-refractivity contribution is 6.33. The molecule has 3 nitrogen and oxygen atoms in total. The molecular formula is C13H17ClN2O. The van der Waals surface area contributed by atoms with Crippen LogP contribution in [0.15, 0.2) is 24.3 Å². The summed E-state index contributed by atoms with van der Waals surface area (Å²) in [7, 11) is 1.97. The van der Waals surface area contributed by atoms with Gasteiger partial charge in [-0.15, -0.1) is 0 Å². The number of amides is 1. The molecule has 0 spiro atoms. The molecule has 0 unspecified atom stereocenters. The van der Waals surface area contributed by atoms with E-state index in [0.717, 1.165) is 25.9 Å². The zero-order chi connectivity index (χ0) is 12.3. The van der Waals surface area contributed by atoms with E-state index in [1.165, 1.54) is 0 Å². The minimum Gasteiger partial charge on any atom is -0.338 e. The highest BCUT2D eigenvalue weighted by atomic mass is 35.5. The lowest BCUT2D eigenvalue weighted by atomic mass is 10.0. The molecule has 1 aromatic rings. The summed E-state index contributed by atoms with van der Waals surface area (Å²) in [5, 5.41) is 3.79. The van der Waals surface area contributed by atoms with E-state index in [2.05, 4.69) is 5.32 Å². The summed E-state index contributed by atoms with van der Waals surface area (Å²) in [6.07, 6.45) is 2.01. The van der Waals surface area contributed by atoms with Gasteiger partial charge in [-0.1, -0.05) is 23.7 Å². The summed E-state index contributed by atoms with van der Waals surface area (Å²) in [5.41, 5.74) is 0.608. The summed E-state index contributed by atoms with van der Waals surface area (Å²) in [6.45, 7) is 1.60. The molecule has 1 saturated heterocycles. The van der Waals surface area contributed by atoms with Crippen LogP contribution in [0, 0.1) is 0 Å². The molecule has 1 amide bonds. The highest BCUT2D eigenvalue weighted by Crippen LogP contribution is 2.19. The van der Waals surface area contributed by atoms with Crippen molar-refractivity contribution in [1.29, 1.82) is 0 Å². The number of rotatable bonds is 2. The van der Waals surface area contributed by atoms with Crippen LogP contribution >= 0.6 is 11.6 Å². The molecular weight excluding hydrogens is 236 g/mol. The van der Waals surface area contributed by atoms with Crippen LogP contribution in [-0.2, 0) is 0 Å². The summed E-state index contributed by atoms with van der Waals surface area (Å²) in [6, 6.07) is 7.76. The number of piperidine rings is 1. The largest absolute Gasteiger partial charge is 0.338 e. The number of nitrogens with one attached hydrogen (secondary N) is 1. The molecule has 92 valence electrons. The van der Waals surface area contributed by atoms with Crippen LogP contribution in [0.2, 0.25) is 5.02 Å². The van der Waals surface area contributed by atoms with Crippen LogP contribution in [0.1, 0.15) is 23.2 Å². The van der Waals surface area contributed by atoms with Gasteiger partial charge in [0.1, 0.15) is 0 Å². The fourth-order valence-electron chi connectivity index (χ4n) is 2.18. The second kappa shape index (κ2) is 5.52. The number of carbonyl (C=O) groups excluding carboxylic acids is 1. The lowest BCUT2D eigenvalue weighted by Gasteiger charge is -2.32. The van der Waals surface area contributed by atoms with Crippen molar-refractivity contribution in [3.05, 3.63) is 34.9 Å². The van der Waals surface area contributed by atoms with Gasteiger partial charge in [0, 0.05) is 19.1 Å². The molecule has 1 N–H and O–H groups in total. The Morgan fingerprint density at radius 2 is 2.00 bits per heavy atom. The number of likely N-dealkylation sites (tertiary alicyclic amines) is 1. The Morgan fingerprint density at radius 1 is 1.35 bits per heavy atom. The standard InChI is InChI=1S/C13H17ClN2O/c1-15-10-6-8-16(9-7-10)13(17)11-4-2-3-5-12(11)14/h2-5,10,15H,6-9H2,1H3. The van der Waals surface area contributed by atoms with Gasteiger partial charge in [-0.05, 0) is 32.0 Å². The van der Waals surface area contributed by atoms with Crippen molar-refractivity contribution < 1.29 is 4.79 Å². The van der Waals surface area contributed by atoms with Crippen molar-refractivity contribution in [2.24, 2.45) is 0 Å². The first kappa shape index (κ1) is 12.4. The fraction of sp³-hybridized carbons (Fsp3) is 0.462. The Hall–Kier alpha value is -1.06. The monoisotopic (exact) mass is 252 g/mol. The smallest absolute Gasteiger partial charge is 0.255 e. The van der Waals surface area contributed by atoms with E-state index in [-0.39, 0.29) is 5.91 Å². The minimum atomic E-state index is 0.0464. The number of hydrogen-bond acceptors (Lipinski definition) is 2. The van der Waals surface area contributed by atoms with Crippen LogP contribution in [0.5, 0.6) is 0 Å². The van der Waals surface area contributed by atoms with Crippen LogP contribution in [0.4, 0.5) is 0 Å². The third-order valence-corrected chi connectivity index (χ3v) is 3.62. The van der Waals surface area contributed by atoms with Crippen LogP contribution < -0.4 is 5.32 Å².